The lowest BCUT2D eigenvalue weighted by Gasteiger charge is -2.22. The maximum atomic E-state index is 5.77. The van der Waals surface area contributed by atoms with Gasteiger partial charge in [0, 0.05) is 6.61 Å². The molecule has 2 rings (SSSR count). The first-order valence-electron chi connectivity index (χ1n) is 7.98. The van der Waals surface area contributed by atoms with E-state index in [4.69, 9.17) is 14.2 Å². The molecule has 1 aliphatic rings. The fourth-order valence-corrected chi connectivity index (χ4v) is 2.54. The quantitative estimate of drug-likeness (QED) is 0.736. The van der Waals surface area contributed by atoms with Crippen molar-refractivity contribution in [1.82, 2.24) is 0 Å². The van der Waals surface area contributed by atoms with Crippen molar-refractivity contribution >= 4 is 0 Å². The Morgan fingerprint density at radius 3 is 2.76 bits per heavy atom. The molecule has 0 spiro atoms. The van der Waals surface area contributed by atoms with Crippen LogP contribution in [0.1, 0.15) is 45.6 Å². The third-order valence-electron chi connectivity index (χ3n) is 3.43. The van der Waals surface area contributed by atoms with Gasteiger partial charge in [-0.05, 0) is 48.8 Å². The van der Waals surface area contributed by atoms with Gasteiger partial charge in [0.05, 0.1) is 6.61 Å². The van der Waals surface area contributed by atoms with E-state index in [2.05, 4.69) is 39.0 Å². The van der Waals surface area contributed by atoms with Crippen molar-refractivity contribution in [2.24, 2.45) is 5.41 Å². The highest BCUT2D eigenvalue weighted by atomic mass is 16.7. The fraction of sp³-hybridized carbons (Fsp3) is 0.667. The van der Waals surface area contributed by atoms with E-state index in [9.17, 15) is 0 Å². The standard InChI is InChI=1S/C18H28O3/c1-18(2,3)14-15-7-6-8-16(13-15)19-11-12-21-17-9-4-5-10-20-17/h6-8,13,17H,4-5,9-12,14H2,1-3H3. The summed E-state index contributed by atoms with van der Waals surface area (Å²) in [6.45, 7) is 8.71. The minimum absolute atomic E-state index is 0.0328. The van der Waals surface area contributed by atoms with E-state index in [-0.39, 0.29) is 6.29 Å². The van der Waals surface area contributed by atoms with Crippen LogP contribution in [0.3, 0.4) is 0 Å². The van der Waals surface area contributed by atoms with Gasteiger partial charge in [-0.25, -0.2) is 0 Å². The highest BCUT2D eigenvalue weighted by Crippen LogP contribution is 2.23. The van der Waals surface area contributed by atoms with Gasteiger partial charge in [-0.1, -0.05) is 32.9 Å². The molecule has 0 aliphatic carbocycles. The predicted octanol–water partition coefficient (Wildman–Crippen LogP) is 4.20. The largest absolute Gasteiger partial charge is 0.491 e. The maximum Gasteiger partial charge on any atom is 0.157 e. The minimum Gasteiger partial charge on any atom is -0.491 e. The van der Waals surface area contributed by atoms with E-state index in [1.54, 1.807) is 0 Å². The van der Waals surface area contributed by atoms with E-state index < -0.39 is 0 Å². The number of hydrogen-bond donors (Lipinski definition) is 0. The molecular formula is C18H28O3. The first-order valence-corrected chi connectivity index (χ1v) is 7.98. The lowest BCUT2D eigenvalue weighted by atomic mass is 9.88. The van der Waals surface area contributed by atoms with Gasteiger partial charge in [-0.15, -0.1) is 0 Å². The van der Waals surface area contributed by atoms with Crippen LogP contribution in [0.15, 0.2) is 24.3 Å². The van der Waals surface area contributed by atoms with Crippen LogP contribution in [0.2, 0.25) is 0 Å². The number of hydrogen-bond acceptors (Lipinski definition) is 3. The zero-order valence-electron chi connectivity index (χ0n) is 13.6. The van der Waals surface area contributed by atoms with Crippen LogP contribution in [0.25, 0.3) is 0 Å². The maximum absolute atomic E-state index is 5.77. The Hall–Kier alpha value is -1.06. The molecule has 1 aromatic carbocycles. The Balaban J connectivity index is 1.71. The van der Waals surface area contributed by atoms with Crippen molar-refractivity contribution in [3.05, 3.63) is 29.8 Å². The molecule has 0 bridgehead atoms. The average molecular weight is 292 g/mol. The van der Waals surface area contributed by atoms with Crippen LogP contribution in [-0.4, -0.2) is 26.1 Å². The SMILES string of the molecule is CC(C)(C)Cc1cccc(OCCOC2CCCCO2)c1. The van der Waals surface area contributed by atoms with Crippen molar-refractivity contribution in [1.29, 1.82) is 0 Å². The molecule has 1 saturated heterocycles. The van der Waals surface area contributed by atoms with E-state index in [1.807, 2.05) is 6.07 Å². The third-order valence-corrected chi connectivity index (χ3v) is 3.43. The highest BCUT2D eigenvalue weighted by molar-refractivity contribution is 5.29. The van der Waals surface area contributed by atoms with Gasteiger partial charge in [0.25, 0.3) is 0 Å². The Labute approximate surface area is 128 Å². The molecule has 0 aromatic heterocycles. The summed E-state index contributed by atoms with van der Waals surface area (Å²) in [6.07, 6.45) is 4.36. The fourth-order valence-electron chi connectivity index (χ4n) is 2.54. The molecule has 3 heteroatoms. The van der Waals surface area contributed by atoms with Gasteiger partial charge in [-0.3, -0.25) is 0 Å². The van der Waals surface area contributed by atoms with Crippen LogP contribution in [0.5, 0.6) is 5.75 Å². The molecule has 1 unspecified atom stereocenters. The Morgan fingerprint density at radius 2 is 2.05 bits per heavy atom. The van der Waals surface area contributed by atoms with Gasteiger partial charge in [0.1, 0.15) is 12.4 Å². The normalized spacial score (nSPS) is 19.5. The second-order valence-corrected chi connectivity index (χ2v) is 6.90. The first kappa shape index (κ1) is 16.3. The van der Waals surface area contributed by atoms with Gasteiger partial charge < -0.3 is 14.2 Å². The smallest absolute Gasteiger partial charge is 0.157 e. The summed E-state index contributed by atoms with van der Waals surface area (Å²) in [5.41, 5.74) is 1.61. The molecule has 0 radical (unpaired) electrons. The average Bonchev–Trinajstić information content (AvgIpc) is 2.43. The van der Waals surface area contributed by atoms with Gasteiger partial charge in [-0.2, -0.15) is 0 Å². The second kappa shape index (κ2) is 7.81. The molecule has 1 aliphatic heterocycles. The van der Waals surface area contributed by atoms with Gasteiger partial charge in [0.2, 0.25) is 0 Å². The molecule has 0 amide bonds. The van der Waals surface area contributed by atoms with Gasteiger partial charge >= 0.3 is 0 Å². The number of ether oxygens (including phenoxy) is 3. The van der Waals surface area contributed by atoms with Crippen molar-refractivity contribution in [2.75, 3.05) is 19.8 Å². The van der Waals surface area contributed by atoms with Crippen molar-refractivity contribution < 1.29 is 14.2 Å². The van der Waals surface area contributed by atoms with Crippen LogP contribution < -0.4 is 4.74 Å². The molecular weight excluding hydrogens is 264 g/mol. The summed E-state index contributed by atoms with van der Waals surface area (Å²) < 4.78 is 17.0. The summed E-state index contributed by atoms with van der Waals surface area (Å²) in [4.78, 5) is 0. The molecule has 1 atom stereocenters. The van der Waals surface area contributed by atoms with Crippen LogP contribution in [0, 0.1) is 5.41 Å². The predicted molar refractivity (Wildman–Crippen MR) is 84.6 cm³/mol. The molecule has 0 saturated carbocycles. The number of benzene rings is 1. The lowest BCUT2D eigenvalue weighted by Crippen LogP contribution is -2.24. The minimum atomic E-state index is -0.0328. The van der Waals surface area contributed by atoms with Crippen LogP contribution in [0.4, 0.5) is 0 Å². The van der Waals surface area contributed by atoms with E-state index in [0.29, 0.717) is 18.6 Å². The zero-order valence-corrected chi connectivity index (χ0v) is 13.6. The highest BCUT2D eigenvalue weighted by Gasteiger charge is 2.14. The number of rotatable bonds is 6. The second-order valence-electron chi connectivity index (χ2n) is 6.90. The van der Waals surface area contributed by atoms with Crippen LogP contribution in [-0.2, 0) is 15.9 Å². The van der Waals surface area contributed by atoms with E-state index in [1.165, 1.54) is 12.0 Å². The summed E-state index contributed by atoms with van der Waals surface area (Å²) in [7, 11) is 0. The summed E-state index contributed by atoms with van der Waals surface area (Å²) in [5, 5.41) is 0. The molecule has 21 heavy (non-hydrogen) atoms. The molecule has 1 fully saturated rings. The molecule has 1 heterocycles. The summed E-state index contributed by atoms with van der Waals surface area (Å²) in [5.74, 6) is 0.921. The van der Waals surface area contributed by atoms with E-state index in [0.717, 1.165) is 31.6 Å². The molecule has 118 valence electrons. The molecule has 3 nitrogen and oxygen atoms in total. The Kier molecular flexibility index (Phi) is 6.07. The van der Waals surface area contributed by atoms with Crippen molar-refractivity contribution in [3.8, 4) is 5.75 Å². The molecule has 0 N–H and O–H groups in total. The third kappa shape index (κ3) is 6.49. The Bertz CT molecular complexity index is 417. The van der Waals surface area contributed by atoms with Crippen molar-refractivity contribution in [2.45, 2.75) is 52.7 Å². The zero-order chi connectivity index (χ0) is 15.1. The van der Waals surface area contributed by atoms with E-state index >= 15 is 0 Å². The first-order chi connectivity index (χ1) is 10.0. The van der Waals surface area contributed by atoms with Crippen molar-refractivity contribution in [3.63, 3.8) is 0 Å². The van der Waals surface area contributed by atoms with Gasteiger partial charge in [0.15, 0.2) is 6.29 Å². The Morgan fingerprint density at radius 1 is 1.19 bits per heavy atom. The monoisotopic (exact) mass is 292 g/mol. The summed E-state index contributed by atoms with van der Waals surface area (Å²) >= 11 is 0. The summed E-state index contributed by atoms with van der Waals surface area (Å²) in [6, 6.07) is 8.34. The molecule has 1 aromatic rings. The topological polar surface area (TPSA) is 27.7 Å². The lowest BCUT2D eigenvalue weighted by molar-refractivity contribution is -0.165. The van der Waals surface area contributed by atoms with Crippen LogP contribution >= 0.6 is 0 Å².